The van der Waals surface area contributed by atoms with E-state index in [1.807, 2.05) is 0 Å². The fraction of sp³-hybridized carbons (Fsp3) is 0.222. The lowest BCUT2D eigenvalue weighted by Gasteiger charge is -2.13. The number of carbonyl (C=O) groups excluding carboxylic acids is 1. The first kappa shape index (κ1) is 12.3. The average Bonchev–Trinajstić information content (AvgIpc) is 2.06. The summed E-state index contributed by atoms with van der Waals surface area (Å²) in [5.74, 6) is -0.708. The standard InChI is InChI=1S/C9H5Cl2F3O/c1-4(15)5-2-3-6(10)8(11)7(5)9(12,13)14/h2-3H,1H3. The molecule has 0 N–H and O–H groups in total. The summed E-state index contributed by atoms with van der Waals surface area (Å²) in [7, 11) is 0. The summed E-state index contributed by atoms with van der Waals surface area (Å²) in [5, 5.41) is -0.870. The van der Waals surface area contributed by atoms with Gasteiger partial charge in [-0.3, -0.25) is 4.79 Å². The second-order valence-corrected chi connectivity index (χ2v) is 3.62. The molecule has 0 saturated heterocycles. The molecule has 0 unspecified atom stereocenters. The van der Waals surface area contributed by atoms with Gasteiger partial charge in [-0.25, -0.2) is 0 Å². The minimum atomic E-state index is -4.69. The van der Waals surface area contributed by atoms with Gasteiger partial charge in [-0.05, 0) is 19.1 Å². The first-order valence-electron chi connectivity index (χ1n) is 3.81. The smallest absolute Gasteiger partial charge is 0.294 e. The highest BCUT2D eigenvalue weighted by Gasteiger charge is 2.37. The number of halogens is 5. The monoisotopic (exact) mass is 256 g/mol. The minimum Gasteiger partial charge on any atom is -0.294 e. The first-order chi connectivity index (χ1) is 6.75. The molecular formula is C9H5Cl2F3O. The molecule has 0 heterocycles. The predicted octanol–water partition coefficient (Wildman–Crippen LogP) is 4.21. The number of hydrogen-bond acceptors (Lipinski definition) is 1. The highest BCUT2D eigenvalue weighted by atomic mass is 35.5. The van der Waals surface area contributed by atoms with Gasteiger partial charge in [0.1, 0.15) is 0 Å². The lowest BCUT2D eigenvalue weighted by atomic mass is 10.0. The number of Topliss-reactive ketones (excluding diaryl/α,β-unsaturated/α-hetero) is 1. The van der Waals surface area contributed by atoms with Crippen molar-refractivity contribution in [2.45, 2.75) is 13.1 Å². The average molecular weight is 257 g/mol. The Morgan fingerprint density at radius 1 is 1.27 bits per heavy atom. The van der Waals surface area contributed by atoms with E-state index in [1.165, 1.54) is 0 Å². The van der Waals surface area contributed by atoms with Gasteiger partial charge in [-0.2, -0.15) is 13.2 Å². The van der Waals surface area contributed by atoms with Crippen LogP contribution in [0.4, 0.5) is 13.2 Å². The van der Waals surface area contributed by atoms with Gasteiger partial charge in [0.05, 0.1) is 15.6 Å². The number of ketones is 1. The summed E-state index contributed by atoms with van der Waals surface area (Å²) in [6.45, 7) is 1.04. The Morgan fingerprint density at radius 3 is 2.20 bits per heavy atom. The molecule has 0 bridgehead atoms. The predicted molar refractivity (Wildman–Crippen MR) is 51.5 cm³/mol. The molecule has 0 amide bonds. The lowest BCUT2D eigenvalue weighted by molar-refractivity contribution is -0.137. The molecule has 0 aliphatic rings. The van der Waals surface area contributed by atoms with Crippen LogP contribution >= 0.6 is 23.2 Å². The van der Waals surface area contributed by atoms with Gasteiger partial charge in [-0.15, -0.1) is 0 Å². The number of carbonyl (C=O) groups is 1. The Balaban J connectivity index is 3.57. The molecule has 15 heavy (non-hydrogen) atoms. The first-order valence-corrected chi connectivity index (χ1v) is 4.57. The van der Waals surface area contributed by atoms with E-state index in [0.29, 0.717) is 0 Å². The molecule has 0 radical (unpaired) electrons. The molecule has 0 spiro atoms. The molecule has 0 aliphatic heterocycles. The van der Waals surface area contributed by atoms with E-state index in [1.54, 1.807) is 0 Å². The zero-order valence-electron chi connectivity index (χ0n) is 7.45. The molecule has 1 nitrogen and oxygen atoms in total. The molecule has 0 atom stereocenters. The van der Waals surface area contributed by atoms with Crippen molar-refractivity contribution in [3.05, 3.63) is 33.3 Å². The third-order valence-corrected chi connectivity index (χ3v) is 2.56. The molecule has 0 aromatic heterocycles. The van der Waals surface area contributed by atoms with Crippen molar-refractivity contribution >= 4 is 29.0 Å². The summed E-state index contributed by atoms with van der Waals surface area (Å²) in [6, 6.07) is 2.18. The van der Waals surface area contributed by atoms with E-state index in [9.17, 15) is 18.0 Å². The second kappa shape index (κ2) is 4.02. The van der Waals surface area contributed by atoms with Crippen LogP contribution < -0.4 is 0 Å². The van der Waals surface area contributed by atoms with E-state index in [0.717, 1.165) is 19.1 Å². The maximum Gasteiger partial charge on any atom is 0.418 e. The van der Waals surface area contributed by atoms with Gasteiger partial charge in [0.15, 0.2) is 5.78 Å². The Labute approximate surface area is 93.8 Å². The lowest BCUT2D eigenvalue weighted by Crippen LogP contribution is -2.12. The summed E-state index contributed by atoms with van der Waals surface area (Å²) in [4.78, 5) is 11.0. The molecule has 0 aliphatic carbocycles. The highest BCUT2D eigenvalue weighted by Crippen LogP contribution is 2.40. The van der Waals surface area contributed by atoms with E-state index >= 15 is 0 Å². The van der Waals surface area contributed by atoms with Crippen molar-refractivity contribution in [1.29, 1.82) is 0 Å². The molecule has 0 fully saturated rings. The zero-order chi connectivity index (χ0) is 11.8. The van der Waals surface area contributed by atoms with Gasteiger partial charge < -0.3 is 0 Å². The van der Waals surface area contributed by atoms with Crippen LogP contribution in [0.2, 0.25) is 10.0 Å². The zero-order valence-corrected chi connectivity index (χ0v) is 8.96. The number of benzene rings is 1. The van der Waals surface area contributed by atoms with Crippen LogP contribution in [0.5, 0.6) is 0 Å². The molecule has 6 heteroatoms. The van der Waals surface area contributed by atoms with E-state index in [4.69, 9.17) is 23.2 Å². The van der Waals surface area contributed by atoms with Crippen LogP contribution in [0, 0.1) is 0 Å². The quantitative estimate of drug-likeness (QED) is 0.688. The van der Waals surface area contributed by atoms with Crippen molar-refractivity contribution in [1.82, 2.24) is 0 Å². The fourth-order valence-electron chi connectivity index (χ4n) is 1.12. The Morgan fingerprint density at radius 2 is 1.80 bits per heavy atom. The van der Waals surface area contributed by atoms with E-state index in [2.05, 4.69) is 0 Å². The molecule has 82 valence electrons. The Hall–Kier alpha value is -0.740. The van der Waals surface area contributed by atoms with Gasteiger partial charge in [0.2, 0.25) is 0 Å². The molecule has 0 saturated carbocycles. The highest BCUT2D eigenvalue weighted by molar-refractivity contribution is 6.42. The van der Waals surface area contributed by atoms with Crippen molar-refractivity contribution in [3.8, 4) is 0 Å². The van der Waals surface area contributed by atoms with Crippen LogP contribution in [-0.2, 0) is 6.18 Å². The van der Waals surface area contributed by atoms with E-state index in [-0.39, 0.29) is 5.02 Å². The van der Waals surface area contributed by atoms with E-state index < -0.39 is 28.1 Å². The van der Waals surface area contributed by atoms with Gasteiger partial charge in [-0.1, -0.05) is 23.2 Å². The van der Waals surface area contributed by atoms with Crippen LogP contribution in [0.3, 0.4) is 0 Å². The summed E-state index contributed by atoms with van der Waals surface area (Å²) < 4.78 is 37.7. The van der Waals surface area contributed by atoms with Crippen LogP contribution in [0.1, 0.15) is 22.8 Å². The van der Waals surface area contributed by atoms with Gasteiger partial charge in [0.25, 0.3) is 0 Å². The van der Waals surface area contributed by atoms with Crippen LogP contribution in [-0.4, -0.2) is 5.78 Å². The largest absolute Gasteiger partial charge is 0.418 e. The minimum absolute atomic E-state index is 0.228. The summed E-state index contributed by atoms with van der Waals surface area (Å²) in [6.07, 6.45) is -4.69. The second-order valence-electron chi connectivity index (χ2n) is 2.84. The van der Waals surface area contributed by atoms with Crippen molar-refractivity contribution in [3.63, 3.8) is 0 Å². The molecular weight excluding hydrogens is 252 g/mol. The number of hydrogen-bond donors (Lipinski definition) is 0. The number of alkyl halides is 3. The normalized spacial score (nSPS) is 11.6. The molecule has 1 aromatic rings. The summed E-state index contributed by atoms with van der Waals surface area (Å²) in [5.41, 5.74) is -1.65. The number of rotatable bonds is 1. The third-order valence-electron chi connectivity index (χ3n) is 1.76. The van der Waals surface area contributed by atoms with Crippen LogP contribution in [0.15, 0.2) is 12.1 Å². The van der Waals surface area contributed by atoms with Gasteiger partial charge >= 0.3 is 6.18 Å². The Bertz CT molecular complexity index is 413. The molecule has 1 rings (SSSR count). The SMILES string of the molecule is CC(=O)c1ccc(Cl)c(Cl)c1C(F)(F)F. The fourth-order valence-corrected chi connectivity index (χ4v) is 1.55. The van der Waals surface area contributed by atoms with Crippen molar-refractivity contribution < 1.29 is 18.0 Å². The van der Waals surface area contributed by atoms with Crippen molar-refractivity contribution in [2.75, 3.05) is 0 Å². The maximum absolute atomic E-state index is 12.6. The van der Waals surface area contributed by atoms with Crippen LogP contribution in [0.25, 0.3) is 0 Å². The third kappa shape index (κ3) is 2.44. The van der Waals surface area contributed by atoms with Crippen molar-refractivity contribution in [2.24, 2.45) is 0 Å². The topological polar surface area (TPSA) is 17.1 Å². The Kier molecular flexibility index (Phi) is 3.31. The maximum atomic E-state index is 12.6. The molecule has 1 aromatic carbocycles. The van der Waals surface area contributed by atoms with Gasteiger partial charge in [0, 0.05) is 5.56 Å². The summed E-state index contributed by atoms with van der Waals surface area (Å²) >= 11 is 10.9.